The molecule has 0 bridgehead atoms. The van der Waals surface area contributed by atoms with Crippen LogP contribution < -0.4 is 15.4 Å². The van der Waals surface area contributed by atoms with Crippen molar-refractivity contribution >= 4 is 29.2 Å². The van der Waals surface area contributed by atoms with Gasteiger partial charge in [-0.25, -0.2) is 4.79 Å². The molecule has 3 rings (SSSR count). The number of carbonyl (C=O) groups is 3. The summed E-state index contributed by atoms with van der Waals surface area (Å²) in [5, 5.41) is 14.6. The number of aryl methyl sites for hydroxylation is 1. The van der Waals surface area contributed by atoms with E-state index in [9.17, 15) is 14.4 Å². The number of benzene rings is 2. The number of hydrogen-bond acceptors (Lipinski definition) is 4. The van der Waals surface area contributed by atoms with Crippen LogP contribution >= 0.6 is 0 Å². The Hall–Kier alpha value is -3.87. The number of hydrogen-bond donors (Lipinski definition) is 3. The van der Waals surface area contributed by atoms with Crippen molar-refractivity contribution in [2.75, 3.05) is 17.2 Å². The van der Waals surface area contributed by atoms with Crippen molar-refractivity contribution < 1.29 is 24.2 Å². The van der Waals surface area contributed by atoms with Crippen LogP contribution in [-0.4, -0.2) is 29.5 Å². The number of carboxylic acids is 1. The van der Waals surface area contributed by atoms with Crippen LogP contribution in [0.3, 0.4) is 0 Å². The van der Waals surface area contributed by atoms with Gasteiger partial charge in [0.2, 0.25) is 5.91 Å². The highest BCUT2D eigenvalue weighted by atomic mass is 16.5. The van der Waals surface area contributed by atoms with Gasteiger partial charge in [0, 0.05) is 11.6 Å². The number of nitrogens with one attached hydrogen (secondary N) is 2. The summed E-state index contributed by atoms with van der Waals surface area (Å²) in [6, 6.07) is 11.8. The minimum Gasteiger partial charge on any atom is -0.482 e. The lowest BCUT2D eigenvalue weighted by Gasteiger charge is -2.19. The zero-order chi connectivity index (χ0) is 24.0. The predicted molar refractivity (Wildman–Crippen MR) is 128 cm³/mol. The Labute approximate surface area is 193 Å². The summed E-state index contributed by atoms with van der Waals surface area (Å²) >= 11 is 0. The van der Waals surface area contributed by atoms with Crippen molar-refractivity contribution in [2.45, 2.75) is 27.2 Å². The van der Waals surface area contributed by atoms with Gasteiger partial charge in [-0.1, -0.05) is 49.8 Å². The van der Waals surface area contributed by atoms with E-state index in [0.29, 0.717) is 29.3 Å². The number of carbonyl (C=O) groups excluding carboxylic acids is 2. The molecule has 7 heteroatoms. The number of carboxylic acid groups (broad SMARTS) is 1. The number of aliphatic carboxylic acids is 1. The molecule has 33 heavy (non-hydrogen) atoms. The Kier molecular flexibility index (Phi) is 7.66. The third-order valence-electron chi connectivity index (χ3n) is 5.27. The van der Waals surface area contributed by atoms with Crippen molar-refractivity contribution in [3.63, 3.8) is 0 Å². The van der Waals surface area contributed by atoms with E-state index in [1.54, 1.807) is 30.3 Å². The molecule has 3 N–H and O–H groups in total. The van der Waals surface area contributed by atoms with E-state index < -0.39 is 12.6 Å². The second kappa shape index (κ2) is 10.6. The van der Waals surface area contributed by atoms with Crippen LogP contribution in [0.4, 0.5) is 11.4 Å². The first-order valence-corrected chi connectivity index (χ1v) is 10.8. The number of allylic oxidation sites excluding steroid dienone is 3. The number of rotatable bonds is 8. The molecule has 172 valence electrons. The summed E-state index contributed by atoms with van der Waals surface area (Å²) in [7, 11) is 0. The summed E-state index contributed by atoms with van der Waals surface area (Å²) in [6.07, 6.45) is 6.48. The number of ether oxygens (including phenoxy) is 1. The maximum absolute atomic E-state index is 12.9. The zero-order valence-corrected chi connectivity index (χ0v) is 18.9. The molecular weight excluding hydrogens is 420 g/mol. The first-order chi connectivity index (χ1) is 15.7. The Morgan fingerprint density at radius 3 is 2.52 bits per heavy atom. The van der Waals surface area contributed by atoms with Crippen LogP contribution in [0, 0.1) is 18.8 Å². The normalized spacial score (nSPS) is 15.0. The minimum absolute atomic E-state index is 0.230. The highest BCUT2D eigenvalue weighted by Gasteiger charge is 2.20. The van der Waals surface area contributed by atoms with Crippen LogP contribution in [0.5, 0.6) is 5.75 Å². The molecule has 1 unspecified atom stereocenters. The lowest BCUT2D eigenvalue weighted by molar-refractivity contribution is -0.139. The fraction of sp³-hybridized carbons (Fsp3) is 0.269. The maximum atomic E-state index is 12.9. The lowest BCUT2D eigenvalue weighted by atomic mass is 9.91. The van der Waals surface area contributed by atoms with Crippen LogP contribution in [0.2, 0.25) is 0 Å². The fourth-order valence-corrected chi connectivity index (χ4v) is 3.44. The minimum atomic E-state index is -1.11. The summed E-state index contributed by atoms with van der Waals surface area (Å²) in [5.41, 5.74) is 3.34. The zero-order valence-electron chi connectivity index (χ0n) is 18.9. The second-order valence-corrected chi connectivity index (χ2v) is 8.26. The molecule has 0 spiro atoms. The molecule has 0 heterocycles. The van der Waals surface area contributed by atoms with Gasteiger partial charge in [0.1, 0.15) is 5.75 Å². The average Bonchev–Trinajstić information content (AvgIpc) is 2.79. The molecular formula is C26H28N2O5. The van der Waals surface area contributed by atoms with Crippen LogP contribution in [0.25, 0.3) is 0 Å². The van der Waals surface area contributed by atoms with E-state index in [-0.39, 0.29) is 23.5 Å². The molecule has 0 saturated carbocycles. The van der Waals surface area contributed by atoms with Crippen molar-refractivity contribution in [3.05, 3.63) is 77.4 Å². The lowest BCUT2D eigenvalue weighted by Crippen LogP contribution is -2.23. The third kappa shape index (κ3) is 6.55. The van der Waals surface area contributed by atoms with E-state index in [1.165, 1.54) is 11.6 Å². The van der Waals surface area contributed by atoms with E-state index in [2.05, 4.69) is 30.6 Å². The van der Waals surface area contributed by atoms with Crippen LogP contribution in [0.1, 0.15) is 36.2 Å². The predicted octanol–water partition coefficient (Wildman–Crippen LogP) is 4.81. The first-order valence-electron chi connectivity index (χ1n) is 10.8. The molecule has 2 aromatic rings. The van der Waals surface area contributed by atoms with E-state index in [0.717, 1.165) is 5.56 Å². The Morgan fingerprint density at radius 1 is 1.09 bits per heavy atom. The van der Waals surface area contributed by atoms with E-state index in [4.69, 9.17) is 9.84 Å². The second-order valence-electron chi connectivity index (χ2n) is 8.26. The quantitative estimate of drug-likeness (QED) is 0.538. The molecule has 1 aliphatic carbocycles. The van der Waals surface area contributed by atoms with Gasteiger partial charge in [-0.2, -0.15) is 0 Å². The van der Waals surface area contributed by atoms with Gasteiger partial charge in [0.05, 0.1) is 17.3 Å². The summed E-state index contributed by atoms with van der Waals surface area (Å²) in [4.78, 5) is 36.5. The first kappa shape index (κ1) is 23.8. The summed E-state index contributed by atoms with van der Waals surface area (Å²) in [6.45, 7) is 5.58. The number of anilines is 2. The number of amides is 2. The maximum Gasteiger partial charge on any atom is 0.341 e. The van der Waals surface area contributed by atoms with Crippen molar-refractivity contribution in [1.82, 2.24) is 0 Å². The van der Waals surface area contributed by atoms with E-state index in [1.807, 2.05) is 25.1 Å². The van der Waals surface area contributed by atoms with Crippen LogP contribution in [0.15, 0.2) is 66.3 Å². The van der Waals surface area contributed by atoms with Crippen molar-refractivity contribution in [3.8, 4) is 5.75 Å². The highest BCUT2D eigenvalue weighted by molar-refractivity contribution is 6.07. The van der Waals surface area contributed by atoms with Crippen LogP contribution in [-0.2, 0) is 9.59 Å². The topological polar surface area (TPSA) is 105 Å². The van der Waals surface area contributed by atoms with Gasteiger partial charge < -0.3 is 20.5 Å². The average molecular weight is 449 g/mol. The Bertz CT molecular complexity index is 1120. The van der Waals surface area contributed by atoms with Gasteiger partial charge >= 0.3 is 5.97 Å². The largest absolute Gasteiger partial charge is 0.482 e. The third-order valence-corrected chi connectivity index (χ3v) is 5.27. The molecule has 1 aliphatic rings. The van der Waals surface area contributed by atoms with Crippen molar-refractivity contribution in [1.29, 1.82) is 0 Å². The smallest absolute Gasteiger partial charge is 0.341 e. The van der Waals surface area contributed by atoms with Gasteiger partial charge in [-0.3, -0.25) is 9.59 Å². The molecule has 0 saturated heterocycles. The molecule has 2 aromatic carbocycles. The van der Waals surface area contributed by atoms with Gasteiger partial charge in [0.25, 0.3) is 5.91 Å². The molecule has 1 atom stereocenters. The van der Waals surface area contributed by atoms with Gasteiger partial charge in [-0.05, 0) is 49.1 Å². The van der Waals surface area contributed by atoms with Gasteiger partial charge in [0.15, 0.2) is 6.61 Å². The standard InChI is InChI=1S/C26H28N2O5/c1-16(2)18-7-9-19(10-8-18)25(31)28-23-14-21(33-15-24(29)30)11-12-22(23)27-26(32)20-6-4-5-17(3)13-20/h4-9,11-14,16,19H,10,15H2,1-3H3,(H,27,32)(H,28,31)(H,29,30). The van der Waals surface area contributed by atoms with E-state index >= 15 is 0 Å². The highest BCUT2D eigenvalue weighted by Crippen LogP contribution is 2.30. The summed E-state index contributed by atoms with van der Waals surface area (Å²) in [5.74, 6) is -1.37. The summed E-state index contributed by atoms with van der Waals surface area (Å²) < 4.78 is 5.25. The molecule has 0 fully saturated rings. The van der Waals surface area contributed by atoms with Crippen molar-refractivity contribution in [2.24, 2.45) is 11.8 Å². The van der Waals surface area contributed by atoms with Gasteiger partial charge in [-0.15, -0.1) is 0 Å². The molecule has 0 aliphatic heterocycles. The Morgan fingerprint density at radius 2 is 1.88 bits per heavy atom. The molecule has 0 radical (unpaired) electrons. The molecule has 2 amide bonds. The monoisotopic (exact) mass is 448 g/mol. The molecule has 0 aromatic heterocycles. The Balaban J connectivity index is 1.81. The SMILES string of the molecule is Cc1cccc(C(=O)Nc2ccc(OCC(=O)O)cc2NC(=O)C2C=CC(C(C)C)=CC2)c1. The molecule has 7 nitrogen and oxygen atoms in total. The fourth-order valence-electron chi connectivity index (χ4n) is 3.44.